The second-order valence-corrected chi connectivity index (χ2v) is 3.60. The van der Waals surface area contributed by atoms with Crippen LogP contribution in [-0.4, -0.2) is 18.0 Å². The molecular weight excluding hydrogens is 269 g/mol. The van der Waals surface area contributed by atoms with E-state index >= 15 is 0 Å². The lowest BCUT2D eigenvalue weighted by atomic mass is 10.2. The van der Waals surface area contributed by atoms with Gasteiger partial charge in [0.05, 0.1) is 22.1 Å². The molecule has 0 spiro atoms. The molecule has 0 unspecified atom stereocenters. The van der Waals surface area contributed by atoms with Crippen LogP contribution < -0.4 is 0 Å². The summed E-state index contributed by atoms with van der Waals surface area (Å²) in [6, 6.07) is 2.29. The first-order valence-electron chi connectivity index (χ1n) is 4.19. The Kier molecular flexibility index (Phi) is 4.32. The minimum atomic E-state index is -0.801. The molecule has 0 N–H and O–H groups in total. The van der Waals surface area contributed by atoms with Gasteiger partial charge in [-0.05, 0) is 12.0 Å². The van der Waals surface area contributed by atoms with E-state index in [0.29, 0.717) is 0 Å². The van der Waals surface area contributed by atoms with E-state index in [0.717, 1.165) is 13.2 Å². The maximum absolute atomic E-state index is 10.8. The molecule has 1 aromatic carbocycles. The number of rotatable bonds is 1. The molecule has 5 nitrogen and oxygen atoms in total. The highest BCUT2D eigenvalue weighted by molar-refractivity contribution is 6.42. The van der Waals surface area contributed by atoms with Crippen LogP contribution in [0.3, 0.4) is 0 Å². The van der Waals surface area contributed by atoms with Crippen molar-refractivity contribution in [3.05, 3.63) is 37.9 Å². The summed E-state index contributed by atoms with van der Waals surface area (Å²) in [5.74, 6) is 3.58. The smallest absolute Gasteiger partial charge is 0.384 e. The van der Waals surface area contributed by atoms with Crippen molar-refractivity contribution in [3.8, 4) is 11.8 Å². The van der Waals surface area contributed by atoms with Gasteiger partial charge in [0.15, 0.2) is 0 Å². The monoisotopic (exact) mass is 273 g/mol. The molecule has 17 heavy (non-hydrogen) atoms. The predicted molar refractivity (Wildman–Crippen MR) is 62.0 cm³/mol. The average molecular weight is 274 g/mol. The van der Waals surface area contributed by atoms with Crippen LogP contribution in [0.2, 0.25) is 10.0 Å². The molecule has 7 heteroatoms. The number of nitro benzene ring substituents is 1. The molecule has 0 aromatic heterocycles. The minimum Gasteiger partial charge on any atom is -0.459 e. The van der Waals surface area contributed by atoms with Gasteiger partial charge in [-0.25, -0.2) is 4.79 Å². The topological polar surface area (TPSA) is 69.4 Å². The summed E-state index contributed by atoms with van der Waals surface area (Å²) in [5.41, 5.74) is -0.328. The van der Waals surface area contributed by atoms with Gasteiger partial charge in [-0.2, -0.15) is 0 Å². The van der Waals surface area contributed by atoms with Crippen molar-refractivity contribution in [2.45, 2.75) is 0 Å². The summed E-state index contributed by atoms with van der Waals surface area (Å²) in [5, 5.41) is 10.9. The van der Waals surface area contributed by atoms with Crippen LogP contribution in [-0.2, 0) is 9.53 Å². The first-order chi connectivity index (χ1) is 7.95. The van der Waals surface area contributed by atoms with E-state index in [1.165, 1.54) is 6.07 Å². The number of methoxy groups -OCH3 is 1. The normalized spacial score (nSPS) is 9.12. The molecular formula is C10H5Cl2NO4. The van der Waals surface area contributed by atoms with Gasteiger partial charge in [0.1, 0.15) is 5.56 Å². The largest absolute Gasteiger partial charge is 0.459 e. The van der Waals surface area contributed by atoms with E-state index in [9.17, 15) is 14.9 Å². The molecule has 0 bridgehead atoms. The summed E-state index contributed by atoms with van der Waals surface area (Å²) in [7, 11) is 1.15. The summed E-state index contributed by atoms with van der Waals surface area (Å²) in [6.07, 6.45) is 0. The number of carbonyl (C=O) groups excluding carboxylic acids is 1. The second kappa shape index (κ2) is 5.53. The molecule has 88 valence electrons. The van der Waals surface area contributed by atoms with Crippen molar-refractivity contribution >= 4 is 34.9 Å². The number of benzene rings is 1. The highest BCUT2D eigenvalue weighted by Crippen LogP contribution is 2.29. The van der Waals surface area contributed by atoms with E-state index in [2.05, 4.69) is 16.6 Å². The maximum Gasteiger partial charge on any atom is 0.384 e. The molecule has 0 aliphatic rings. The van der Waals surface area contributed by atoms with E-state index in [1.807, 2.05) is 0 Å². The quantitative estimate of drug-likeness (QED) is 0.341. The number of hydrogen-bond acceptors (Lipinski definition) is 4. The number of hydrogen-bond donors (Lipinski definition) is 0. The zero-order valence-corrected chi connectivity index (χ0v) is 10.0. The zero-order valence-electron chi connectivity index (χ0n) is 8.49. The van der Waals surface area contributed by atoms with Crippen molar-refractivity contribution in [1.82, 2.24) is 0 Å². The number of nitrogens with zero attached hydrogens (tertiary/aromatic N) is 1. The van der Waals surface area contributed by atoms with Crippen LogP contribution in [0.5, 0.6) is 0 Å². The summed E-state index contributed by atoms with van der Waals surface area (Å²) >= 11 is 11.3. The molecule has 0 amide bonds. The molecule has 0 fully saturated rings. The zero-order chi connectivity index (χ0) is 13.0. The Balaban J connectivity index is 3.30. The van der Waals surface area contributed by atoms with Crippen molar-refractivity contribution in [3.63, 3.8) is 0 Å². The molecule has 0 radical (unpaired) electrons. The standard InChI is InChI=1S/C10H5Cl2NO4/c1-17-10(14)3-2-6-4-7(11)8(12)5-9(6)13(15)16/h4-5H,1H3. The number of esters is 1. The lowest BCUT2D eigenvalue weighted by Crippen LogP contribution is -1.96. The lowest BCUT2D eigenvalue weighted by molar-refractivity contribution is -0.385. The Morgan fingerprint density at radius 2 is 2.00 bits per heavy atom. The van der Waals surface area contributed by atoms with Gasteiger partial charge in [0.25, 0.3) is 5.69 Å². The third-order valence-corrected chi connectivity index (χ3v) is 2.44. The van der Waals surface area contributed by atoms with Crippen LogP contribution in [0.4, 0.5) is 5.69 Å². The van der Waals surface area contributed by atoms with Crippen LogP contribution in [0, 0.1) is 22.0 Å². The van der Waals surface area contributed by atoms with Gasteiger partial charge in [-0.1, -0.05) is 23.2 Å². The summed E-state index contributed by atoms with van der Waals surface area (Å²) in [4.78, 5) is 20.8. The SMILES string of the molecule is COC(=O)C#Cc1cc(Cl)c(Cl)cc1[N+](=O)[O-]. The Hall–Kier alpha value is -1.77. The van der Waals surface area contributed by atoms with Crippen molar-refractivity contribution in [2.24, 2.45) is 0 Å². The molecule has 0 saturated carbocycles. The third-order valence-electron chi connectivity index (χ3n) is 1.72. The highest BCUT2D eigenvalue weighted by Gasteiger charge is 2.15. The molecule has 0 aliphatic heterocycles. The van der Waals surface area contributed by atoms with E-state index < -0.39 is 10.9 Å². The summed E-state index contributed by atoms with van der Waals surface area (Å²) in [6.45, 7) is 0. The third kappa shape index (κ3) is 3.34. The van der Waals surface area contributed by atoms with E-state index in [4.69, 9.17) is 23.2 Å². The summed E-state index contributed by atoms with van der Waals surface area (Å²) < 4.78 is 4.28. The first kappa shape index (κ1) is 13.3. The van der Waals surface area contributed by atoms with Crippen LogP contribution in [0.25, 0.3) is 0 Å². The van der Waals surface area contributed by atoms with Gasteiger partial charge in [0.2, 0.25) is 0 Å². The minimum absolute atomic E-state index is 0.00481. The van der Waals surface area contributed by atoms with Gasteiger partial charge in [0, 0.05) is 12.0 Å². The van der Waals surface area contributed by atoms with Crippen molar-refractivity contribution in [2.75, 3.05) is 7.11 Å². The van der Waals surface area contributed by atoms with Crippen molar-refractivity contribution < 1.29 is 14.5 Å². The van der Waals surface area contributed by atoms with Gasteiger partial charge >= 0.3 is 5.97 Å². The fourth-order valence-electron chi connectivity index (χ4n) is 0.957. The fraction of sp³-hybridized carbons (Fsp3) is 0.100. The fourth-order valence-corrected chi connectivity index (χ4v) is 1.28. The number of carbonyl (C=O) groups is 1. The molecule has 1 rings (SSSR count). The molecule has 0 atom stereocenters. The highest BCUT2D eigenvalue weighted by atomic mass is 35.5. The van der Waals surface area contributed by atoms with Gasteiger partial charge in [-0.3, -0.25) is 10.1 Å². The Morgan fingerprint density at radius 1 is 1.41 bits per heavy atom. The van der Waals surface area contributed by atoms with Crippen LogP contribution in [0.15, 0.2) is 12.1 Å². The van der Waals surface area contributed by atoms with E-state index in [-0.39, 0.29) is 21.3 Å². The van der Waals surface area contributed by atoms with E-state index in [1.54, 1.807) is 0 Å². The Labute approximate surface area is 106 Å². The molecule has 0 saturated heterocycles. The second-order valence-electron chi connectivity index (χ2n) is 2.78. The van der Waals surface area contributed by atoms with Crippen LogP contribution in [0.1, 0.15) is 5.56 Å². The number of ether oxygens (including phenoxy) is 1. The Morgan fingerprint density at radius 3 is 2.53 bits per heavy atom. The first-order valence-corrected chi connectivity index (χ1v) is 4.94. The Bertz CT molecular complexity index is 545. The predicted octanol–water partition coefficient (Wildman–Crippen LogP) is 2.43. The molecule has 0 heterocycles. The maximum atomic E-state index is 10.8. The van der Waals surface area contributed by atoms with Crippen LogP contribution >= 0.6 is 23.2 Å². The lowest BCUT2D eigenvalue weighted by Gasteiger charge is -1.98. The molecule has 0 aliphatic carbocycles. The van der Waals surface area contributed by atoms with Crippen molar-refractivity contribution in [1.29, 1.82) is 0 Å². The average Bonchev–Trinajstić information content (AvgIpc) is 2.29. The van der Waals surface area contributed by atoms with Gasteiger partial charge < -0.3 is 4.74 Å². The number of nitro groups is 1. The molecule has 1 aromatic rings. The van der Waals surface area contributed by atoms with Gasteiger partial charge in [-0.15, -0.1) is 0 Å². The number of halogens is 2.